The first-order valence-corrected chi connectivity index (χ1v) is 9.28. The Morgan fingerprint density at radius 3 is 2.79 bits per heavy atom. The highest BCUT2D eigenvalue weighted by atomic mass is 35.5. The monoisotopic (exact) mass is 353 g/mol. The average molecular weight is 354 g/mol. The lowest BCUT2D eigenvalue weighted by Gasteiger charge is -2.34. The van der Waals surface area contributed by atoms with Crippen LogP contribution in [0.25, 0.3) is 0 Å². The highest BCUT2D eigenvalue weighted by Gasteiger charge is 2.23. The van der Waals surface area contributed by atoms with Crippen LogP contribution in [0.2, 0.25) is 5.02 Å². The molecule has 1 aromatic rings. The van der Waals surface area contributed by atoms with E-state index in [0.717, 1.165) is 32.6 Å². The Labute approximate surface area is 149 Å². The zero-order valence-electron chi connectivity index (χ0n) is 14.9. The number of hydrogen-bond acceptors (Lipinski definition) is 5. The Kier molecular flexibility index (Phi) is 7.24. The van der Waals surface area contributed by atoms with Crippen LogP contribution in [0.1, 0.15) is 50.5 Å². The van der Waals surface area contributed by atoms with Gasteiger partial charge in [-0.25, -0.2) is 9.97 Å². The maximum absolute atomic E-state index is 12.5. The first-order chi connectivity index (χ1) is 11.6. The van der Waals surface area contributed by atoms with Crippen molar-refractivity contribution in [2.75, 3.05) is 37.6 Å². The summed E-state index contributed by atoms with van der Waals surface area (Å²) in [5.74, 6) is 0.319. The summed E-state index contributed by atoms with van der Waals surface area (Å²) >= 11 is 6.14. The quantitative estimate of drug-likeness (QED) is 0.816. The van der Waals surface area contributed by atoms with Crippen molar-refractivity contribution in [1.82, 2.24) is 20.2 Å². The van der Waals surface area contributed by atoms with Crippen molar-refractivity contribution in [2.45, 2.75) is 46.1 Å². The summed E-state index contributed by atoms with van der Waals surface area (Å²) in [5, 5.41) is 3.29. The molecule has 2 rings (SSSR count). The van der Waals surface area contributed by atoms with E-state index in [1.165, 1.54) is 19.0 Å². The van der Waals surface area contributed by atoms with Gasteiger partial charge in [0.25, 0.3) is 5.91 Å². The number of aromatic nitrogens is 2. The molecule has 1 saturated heterocycles. The molecular formula is C17H28ClN5O. The third-order valence-corrected chi connectivity index (χ3v) is 4.92. The minimum absolute atomic E-state index is 0.225. The topological polar surface area (TPSA) is 61.4 Å². The number of carbonyl (C=O) groups excluding carboxylic acids is 1. The van der Waals surface area contributed by atoms with E-state index in [-0.39, 0.29) is 11.6 Å². The second-order valence-electron chi connectivity index (χ2n) is 6.03. The van der Waals surface area contributed by atoms with Gasteiger partial charge in [-0.1, -0.05) is 24.9 Å². The molecule has 1 amide bonds. The van der Waals surface area contributed by atoms with Gasteiger partial charge in [0.1, 0.15) is 0 Å². The van der Waals surface area contributed by atoms with Crippen molar-refractivity contribution in [2.24, 2.45) is 0 Å². The molecule has 134 valence electrons. The van der Waals surface area contributed by atoms with Gasteiger partial charge in [-0.15, -0.1) is 0 Å². The number of amides is 1. The van der Waals surface area contributed by atoms with Crippen LogP contribution in [-0.2, 0) is 0 Å². The van der Waals surface area contributed by atoms with E-state index in [0.29, 0.717) is 23.6 Å². The van der Waals surface area contributed by atoms with E-state index in [1.54, 1.807) is 0 Å². The summed E-state index contributed by atoms with van der Waals surface area (Å²) in [5.41, 5.74) is 0.257. The van der Waals surface area contributed by atoms with E-state index >= 15 is 0 Å². The Balaban J connectivity index is 2.04. The normalized spacial score (nSPS) is 18.4. The van der Waals surface area contributed by atoms with Gasteiger partial charge in [-0.3, -0.25) is 9.69 Å². The van der Waals surface area contributed by atoms with E-state index in [2.05, 4.69) is 27.1 Å². The fourth-order valence-corrected chi connectivity index (χ4v) is 3.35. The summed E-state index contributed by atoms with van der Waals surface area (Å²) in [6, 6.07) is 0.399. The summed E-state index contributed by atoms with van der Waals surface area (Å²) in [6.45, 7) is 10.6. The standard InChI is InChI=1S/C17H28ClN5O/c1-4-22(5-2)17-20-12-14(18)15(21-17)16(24)19-11-13-9-7-8-10-23(13)6-3/h12-13H,4-11H2,1-3H3,(H,19,24). The number of halogens is 1. The van der Waals surface area contributed by atoms with Crippen LogP contribution < -0.4 is 10.2 Å². The molecule has 1 unspecified atom stereocenters. The van der Waals surface area contributed by atoms with Crippen molar-refractivity contribution < 1.29 is 4.79 Å². The number of likely N-dealkylation sites (tertiary alicyclic amines) is 1. The first kappa shape index (κ1) is 18.9. The molecule has 0 radical (unpaired) electrons. The minimum Gasteiger partial charge on any atom is -0.349 e. The SMILES string of the molecule is CCN(CC)c1ncc(Cl)c(C(=O)NCC2CCCCN2CC)n1. The molecule has 1 atom stereocenters. The number of hydrogen-bond donors (Lipinski definition) is 1. The minimum atomic E-state index is -0.225. The molecule has 0 bridgehead atoms. The smallest absolute Gasteiger partial charge is 0.271 e. The Hall–Kier alpha value is -1.40. The van der Waals surface area contributed by atoms with Crippen molar-refractivity contribution in [3.63, 3.8) is 0 Å². The van der Waals surface area contributed by atoms with Gasteiger partial charge >= 0.3 is 0 Å². The van der Waals surface area contributed by atoms with Gasteiger partial charge in [-0.05, 0) is 39.8 Å². The van der Waals surface area contributed by atoms with E-state index in [4.69, 9.17) is 11.6 Å². The lowest BCUT2D eigenvalue weighted by molar-refractivity contribution is 0.0913. The fourth-order valence-electron chi connectivity index (χ4n) is 3.18. The fraction of sp³-hybridized carbons (Fsp3) is 0.706. The average Bonchev–Trinajstić information content (AvgIpc) is 2.62. The molecule has 1 N–H and O–H groups in total. The van der Waals surface area contributed by atoms with Gasteiger partial charge < -0.3 is 10.2 Å². The Bertz CT molecular complexity index is 550. The van der Waals surface area contributed by atoms with E-state index < -0.39 is 0 Å². The molecule has 1 aliphatic rings. The Morgan fingerprint density at radius 2 is 2.12 bits per heavy atom. The molecule has 0 aliphatic carbocycles. The van der Waals surface area contributed by atoms with E-state index in [9.17, 15) is 4.79 Å². The van der Waals surface area contributed by atoms with Crippen LogP contribution in [0, 0.1) is 0 Å². The van der Waals surface area contributed by atoms with E-state index in [1.807, 2.05) is 18.7 Å². The highest BCUT2D eigenvalue weighted by molar-refractivity contribution is 6.33. The van der Waals surface area contributed by atoms with Crippen LogP contribution in [0.3, 0.4) is 0 Å². The molecule has 6 nitrogen and oxygen atoms in total. The number of nitrogens with zero attached hydrogens (tertiary/aromatic N) is 4. The van der Waals surface area contributed by atoms with Crippen LogP contribution >= 0.6 is 11.6 Å². The number of likely N-dealkylation sites (N-methyl/N-ethyl adjacent to an activating group) is 1. The Morgan fingerprint density at radius 1 is 1.38 bits per heavy atom. The summed E-state index contributed by atoms with van der Waals surface area (Å²) in [7, 11) is 0. The van der Waals surface area contributed by atoms with Crippen LogP contribution in [0.15, 0.2) is 6.20 Å². The lowest BCUT2D eigenvalue weighted by Crippen LogP contribution is -2.46. The third kappa shape index (κ3) is 4.57. The van der Waals surface area contributed by atoms with Crippen molar-refractivity contribution in [3.05, 3.63) is 16.9 Å². The van der Waals surface area contributed by atoms with Crippen LogP contribution in [0.5, 0.6) is 0 Å². The predicted molar refractivity (Wildman–Crippen MR) is 97.8 cm³/mol. The van der Waals surface area contributed by atoms with Crippen molar-refractivity contribution in [1.29, 1.82) is 0 Å². The third-order valence-electron chi connectivity index (χ3n) is 4.65. The van der Waals surface area contributed by atoms with Crippen molar-refractivity contribution in [3.8, 4) is 0 Å². The number of anilines is 1. The number of nitrogens with one attached hydrogen (secondary N) is 1. The zero-order valence-corrected chi connectivity index (χ0v) is 15.6. The maximum Gasteiger partial charge on any atom is 0.271 e. The molecule has 1 fully saturated rings. The molecule has 1 aliphatic heterocycles. The van der Waals surface area contributed by atoms with Crippen LogP contribution in [-0.4, -0.2) is 59.5 Å². The second kappa shape index (κ2) is 9.18. The summed E-state index contributed by atoms with van der Waals surface area (Å²) in [6.07, 6.45) is 5.09. The molecule has 1 aromatic heterocycles. The zero-order chi connectivity index (χ0) is 17.5. The van der Waals surface area contributed by atoms with Gasteiger partial charge in [0, 0.05) is 25.7 Å². The molecule has 0 spiro atoms. The molecule has 7 heteroatoms. The highest BCUT2D eigenvalue weighted by Crippen LogP contribution is 2.18. The van der Waals surface area contributed by atoms with Crippen LogP contribution in [0.4, 0.5) is 5.95 Å². The largest absolute Gasteiger partial charge is 0.349 e. The molecule has 24 heavy (non-hydrogen) atoms. The van der Waals surface area contributed by atoms with Gasteiger partial charge in [0.15, 0.2) is 5.69 Å². The summed E-state index contributed by atoms with van der Waals surface area (Å²) < 4.78 is 0. The van der Waals surface area contributed by atoms with Gasteiger partial charge in [0.2, 0.25) is 5.95 Å². The maximum atomic E-state index is 12.5. The number of piperidine rings is 1. The predicted octanol–water partition coefficient (Wildman–Crippen LogP) is 2.58. The lowest BCUT2D eigenvalue weighted by atomic mass is 10.0. The van der Waals surface area contributed by atoms with Crippen molar-refractivity contribution >= 4 is 23.5 Å². The number of rotatable bonds is 7. The molecule has 0 aromatic carbocycles. The van der Waals surface area contributed by atoms with Gasteiger partial charge in [0.05, 0.1) is 11.2 Å². The molecular weight excluding hydrogens is 326 g/mol. The summed E-state index contributed by atoms with van der Waals surface area (Å²) in [4.78, 5) is 25.6. The molecule has 2 heterocycles. The molecule has 0 saturated carbocycles. The first-order valence-electron chi connectivity index (χ1n) is 8.90. The van der Waals surface area contributed by atoms with Gasteiger partial charge in [-0.2, -0.15) is 0 Å². The number of carbonyl (C=O) groups is 1. The second-order valence-corrected chi connectivity index (χ2v) is 6.43.